The molecule has 2 fully saturated rings. The normalized spacial score (nSPS) is 25.3. The van der Waals surface area contributed by atoms with Crippen LogP contribution < -0.4 is 5.32 Å². The molecule has 5 heteroatoms. The molecule has 1 atom stereocenters. The van der Waals surface area contributed by atoms with Gasteiger partial charge in [0.1, 0.15) is 5.78 Å². The summed E-state index contributed by atoms with van der Waals surface area (Å²) >= 11 is 0. The summed E-state index contributed by atoms with van der Waals surface area (Å²) in [5.74, 6) is 0.314. The van der Waals surface area contributed by atoms with Crippen molar-refractivity contribution in [3.8, 4) is 0 Å². The van der Waals surface area contributed by atoms with Crippen LogP contribution in [0.3, 0.4) is 0 Å². The molecule has 21 heavy (non-hydrogen) atoms. The fourth-order valence-electron chi connectivity index (χ4n) is 3.31. The molecule has 1 N–H and O–H groups in total. The number of carbonyl (C=O) groups excluding carboxylic acids is 2. The van der Waals surface area contributed by atoms with E-state index in [1.54, 1.807) is 6.92 Å². The number of ether oxygens (including phenoxy) is 1. The van der Waals surface area contributed by atoms with Gasteiger partial charge in [0.25, 0.3) is 0 Å². The molecule has 2 aliphatic rings. The number of amides is 1. The van der Waals surface area contributed by atoms with Crippen LogP contribution >= 0.6 is 0 Å². The Balaban J connectivity index is 1.84. The minimum Gasteiger partial charge on any atom is -0.381 e. The van der Waals surface area contributed by atoms with Gasteiger partial charge in [0.15, 0.2) is 0 Å². The van der Waals surface area contributed by atoms with E-state index < -0.39 is 0 Å². The summed E-state index contributed by atoms with van der Waals surface area (Å²) in [5.41, 5.74) is 0. The molecule has 0 bridgehead atoms. The van der Waals surface area contributed by atoms with Crippen molar-refractivity contribution in [2.24, 2.45) is 0 Å². The van der Waals surface area contributed by atoms with Crippen molar-refractivity contribution in [2.75, 3.05) is 26.3 Å². The van der Waals surface area contributed by atoms with E-state index in [4.69, 9.17) is 4.74 Å². The van der Waals surface area contributed by atoms with E-state index in [1.165, 1.54) is 6.42 Å². The van der Waals surface area contributed by atoms with Gasteiger partial charge in [-0.1, -0.05) is 12.8 Å². The van der Waals surface area contributed by atoms with Gasteiger partial charge in [-0.25, -0.2) is 0 Å². The summed E-state index contributed by atoms with van der Waals surface area (Å²) in [6, 6.07) is 0.495. The molecule has 0 spiro atoms. The summed E-state index contributed by atoms with van der Waals surface area (Å²) in [6.07, 6.45) is 6.90. The molecule has 0 saturated carbocycles. The Hall–Kier alpha value is -0.940. The van der Waals surface area contributed by atoms with E-state index in [9.17, 15) is 9.59 Å². The lowest BCUT2D eigenvalue weighted by atomic mass is 10.0. The Morgan fingerprint density at radius 1 is 1.14 bits per heavy atom. The van der Waals surface area contributed by atoms with Gasteiger partial charge in [-0.15, -0.1) is 0 Å². The standard InChI is InChI=1S/C16H28N2O3/c1-13(19)11-15-5-3-2-4-8-18(15)12-16(20)17-14-6-9-21-10-7-14/h14-15H,2-12H2,1H3,(H,17,20). The fraction of sp³-hybridized carbons (Fsp3) is 0.875. The van der Waals surface area contributed by atoms with Gasteiger partial charge in [-0.05, 0) is 39.2 Å². The lowest BCUT2D eigenvalue weighted by Crippen LogP contribution is -2.47. The molecular weight excluding hydrogens is 268 g/mol. The molecule has 0 aromatic carbocycles. The number of likely N-dealkylation sites (tertiary alicyclic amines) is 1. The molecule has 1 amide bonds. The molecule has 120 valence electrons. The van der Waals surface area contributed by atoms with Crippen LogP contribution in [0.4, 0.5) is 0 Å². The van der Waals surface area contributed by atoms with Crippen molar-refractivity contribution >= 4 is 11.7 Å². The lowest BCUT2D eigenvalue weighted by Gasteiger charge is -2.30. The van der Waals surface area contributed by atoms with Crippen LogP contribution in [0.1, 0.15) is 51.9 Å². The smallest absolute Gasteiger partial charge is 0.234 e. The number of ketones is 1. The first-order valence-corrected chi connectivity index (χ1v) is 8.26. The van der Waals surface area contributed by atoms with E-state index in [0.717, 1.165) is 51.9 Å². The van der Waals surface area contributed by atoms with Gasteiger partial charge < -0.3 is 10.1 Å². The third kappa shape index (κ3) is 5.75. The van der Waals surface area contributed by atoms with Crippen LogP contribution in [0, 0.1) is 0 Å². The Labute approximate surface area is 127 Å². The SMILES string of the molecule is CC(=O)CC1CCCCCN1CC(=O)NC1CCOCC1. The summed E-state index contributed by atoms with van der Waals surface area (Å²) in [6.45, 7) is 4.48. The van der Waals surface area contributed by atoms with Crippen molar-refractivity contribution in [3.63, 3.8) is 0 Å². The van der Waals surface area contributed by atoms with Gasteiger partial charge in [0.05, 0.1) is 6.54 Å². The van der Waals surface area contributed by atoms with Gasteiger partial charge in [0.2, 0.25) is 5.91 Å². The molecule has 5 nitrogen and oxygen atoms in total. The Kier molecular flexibility index (Phi) is 6.64. The average Bonchev–Trinajstić information content (AvgIpc) is 2.65. The highest BCUT2D eigenvalue weighted by molar-refractivity contribution is 5.79. The predicted molar refractivity (Wildman–Crippen MR) is 81.1 cm³/mol. The van der Waals surface area contributed by atoms with Crippen molar-refractivity contribution in [3.05, 3.63) is 0 Å². The molecule has 2 heterocycles. The summed E-state index contributed by atoms with van der Waals surface area (Å²) in [7, 11) is 0. The molecule has 2 rings (SSSR count). The second-order valence-corrected chi connectivity index (χ2v) is 6.33. The first kappa shape index (κ1) is 16.4. The largest absolute Gasteiger partial charge is 0.381 e. The Bertz CT molecular complexity index is 353. The van der Waals surface area contributed by atoms with E-state index >= 15 is 0 Å². The molecule has 0 aliphatic carbocycles. The third-order valence-electron chi connectivity index (χ3n) is 4.46. The number of nitrogens with zero attached hydrogens (tertiary/aromatic N) is 1. The zero-order valence-corrected chi connectivity index (χ0v) is 13.1. The van der Waals surface area contributed by atoms with Crippen LogP contribution in [0.25, 0.3) is 0 Å². The van der Waals surface area contributed by atoms with Crippen LogP contribution in [0.5, 0.6) is 0 Å². The van der Waals surface area contributed by atoms with Crippen LogP contribution in [0.15, 0.2) is 0 Å². The summed E-state index contributed by atoms with van der Waals surface area (Å²) in [4.78, 5) is 25.9. The molecule has 0 aromatic heterocycles. The highest BCUT2D eigenvalue weighted by Crippen LogP contribution is 2.19. The first-order chi connectivity index (χ1) is 10.1. The minimum atomic E-state index is 0.0948. The second-order valence-electron chi connectivity index (χ2n) is 6.33. The molecular formula is C16H28N2O3. The Morgan fingerprint density at radius 3 is 2.62 bits per heavy atom. The number of Topliss-reactive ketones (excluding diaryl/α,β-unsaturated/α-hetero) is 1. The Morgan fingerprint density at radius 2 is 1.90 bits per heavy atom. The number of hydrogen-bond acceptors (Lipinski definition) is 4. The first-order valence-electron chi connectivity index (χ1n) is 8.26. The van der Waals surface area contributed by atoms with Crippen molar-refractivity contribution < 1.29 is 14.3 Å². The van der Waals surface area contributed by atoms with Gasteiger partial charge in [0, 0.05) is 31.7 Å². The maximum absolute atomic E-state index is 12.2. The number of nitrogens with one attached hydrogen (secondary N) is 1. The minimum absolute atomic E-state index is 0.0948. The van der Waals surface area contributed by atoms with Crippen LogP contribution in [0.2, 0.25) is 0 Å². The van der Waals surface area contributed by atoms with E-state index in [2.05, 4.69) is 10.2 Å². The van der Waals surface area contributed by atoms with E-state index in [-0.39, 0.29) is 23.8 Å². The monoisotopic (exact) mass is 296 g/mol. The van der Waals surface area contributed by atoms with Crippen molar-refractivity contribution in [2.45, 2.75) is 64.0 Å². The van der Waals surface area contributed by atoms with Crippen molar-refractivity contribution in [1.82, 2.24) is 10.2 Å². The van der Waals surface area contributed by atoms with Crippen molar-refractivity contribution in [1.29, 1.82) is 0 Å². The molecule has 0 aromatic rings. The zero-order valence-electron chi connectivity index (χ0n) is 13.1. The molecule has 0 radical (unpaired) electrons. The average molecular weight is 296 g/mol. The van der Waals surface area contributed by atoms with E-state index in [1.807, 2.05) is 0 Å². The third-order valence-corrected chi connectivity index (χ3v) is 4.46. The van der Waals surface area contributed by atoms with E-state index in [0.29, 0.717) is 13.0 Å². The maximum atomic E-state index is 12.2. The van der Waals surface area contributed by atoms with Gasteiger partial charge in [-0.3, -0.25) is 14.5 Å². The topological polar surface area (TPSA) is 58.6 Å². The quantitative estimate of drug-likeness (QED) is 0.835. The molecule has 2 aliphatic heterocycles. The van der Waals surface area contributed by atoms with Crippen LogP contribution in [-0.4, -0.2) is 55.0 Å². The highest BCUT2D eigenvalue weighted by Gasteiger charge is 2.25. The number of hydrogen-bond donors (Lipinski definition) is 1. The maximum Gasteiger partial charge on any atom is 0.234 e. The van der Waals surface area contributed by atoms with Gasteiger partial charge >= 0.3 is 0 Å². The molecule has 1 unspecified atom stereocenters. The second kappa shape index (κ2) is 8.49. The van der Waals surface area contributed by atoms with Crippen LogP contribution in [-0.2, 0) is 14.3 Å². The highest BCUT2D eigenvalue weighted by atomic mass is 16.5. The molecule has 2 saturated heterocycles. The summed E-state index contributed by atoms with van der Waals surface area (Å²) in [5, 5.41) is 3.11. The fourth-order valence-corrected chi connectivity index (χ4v) is 3.31. The number of rotatable bonds is 5. The lowest BCUT2D eigenvalue weighted by molar-refractivity contribution is -0.125. The zero-order chi connectivity index (χ0) is 15.1. The van der Waals surface area contributed by atoms with Gasteiger partial charge in [-0.2, -0.15) is 0 Å². The predicted octanol–water partition coefficient (Wildman–Crippen LogP) is 1.51. The number of carbonyl (C=O) groups is 2. The summed E-state index contributed by atoms with van der Waals surface area (Å²) < 4.78 is 5.31.